The first-order valence-electron chi connectivity index (χ1n) is 4.45. The predicted molar refractivity (Wildman–Crippen MR) is 58.3 cm³/mol. The van der Waals surface area contributed by atoms with E-state index in [1.165, 1.54) is 11.5 Å². The molecule has 0 unspecified atom stereocenters. The van der Waals surface area contributed by atoms with Gasteiger partial charge in [-0.05, 0) is 30.6 Å². The summed E-state index contributed by atoms with van der Waals surface area (Å²) < 4.78 is 9.19. The molecule has 0 bridgehead atoms. The number of esters is 1. The van der Waals surface area contributed by atoms with Crippen LogP contribution in [0.5, 0.6) is 5.75 Å². The highest BCUT2D eigenvalue weighted by molar-refractivity contribution is 7.03. The smallest absolute Gasteiger partial charge is 0.346 e. The highest BCUT2D eigenvalue weighted by Gasteiger charge is 2.13. The van der Waals surface area contributed by atoms with Crippen molar-refractivity contribution in [3.63, 3.8) is 0 Å². The molecule has 76 valence electrons. The van der Waals surface area contributed by atoms with Crippen molar-refractivity contribution in [3.05, 3.63) is 47.0 Å². The number of nitrogens with zero attached hydrogens (tertiary/aromatic N) is 1. The molecule has 1 heterocycles. The van der Waals surface area contributed by atoms with E-state index in [9.17, 15) is 4.79 Å². The molecule has 15 heavy (non-hydrogen) atoms. The van der Waals surface area contributed by atoms with Crippen molar-refractivity contribution in [1.29, 1.82) is 0 Å². The lowest BCUT2D eigenvalue weighted by Gasteiger charge is -2.02. The van der Waals surface area contributed by atoms with Crippen LogP contribution in [-0.2, 0) is 0 Å². The third-order valence-electron chi connectivity index (χ3n) is 1.92. The van der Waals surface area contributed by atoms with E-state index in [4.69, 9.17) is 4.74 Å². The summed E-state index contributed by atoms with van der Waals surface area (Å²) in [6.07, 6.45) is 0. The Kier molecular flexibility index (Phi) is 2.78. The third-order valence-corrected chi connectivity index (χ3v) is 2.64. The van der Waals surface area contributed by atoms with Crippen LogP contribution in [0.4, 0.5) is 0 Å². The predicted octanol–water partition coefficient (Wildman–Crippen LogP) is 2.67. The lowest BCUT2D eigenvalue weighted by Crippen LogP contribution is -2.08. The van der Waals surface area contributed by atoms with E-state index in [0.29, 0.717) is 17.0 Å². The van der Waals surface area contributed by atoms with Crippen LogP contribution in [0.25, 0.3) is 0 Å². The quantitative estimate of drug-likeness (QED) is 0.575. The SMILES string of the molecule is Cc1nscc1C(=O)Oc1ccccc1. The molecule has 0 fully saturated rings. The zero-order valence-electron chi connectivity index (χ0n) is 8.14. The monoisotopic (exact) mass is 219 g/mol. The number of hydrogen-bond acceptors (Lipinski definition) is 4. The Balaban J connectivity index is 2.15. The molecule has 0 amide bonds. The molecule has 0 saturated heterocycles. The molecular weight excluding hydrogens is 210 g/mol. The van der Waals surface area contributed by atoms with Crippen LogP contribution >= 0.6 is 11.5 Å². The van der Waals surface area contributed by atoms with Gasteiger partial charge in [-0.3, -0.25) is 0 Å². The molecule has 4 heteroatoms. The number of benzene rings is 1. The maximum Gasteiger partial charge on any atom is 0.346 e. The van der Waals surface area contributed by atoms with Gasteiger partial charge >= 0.3 is 5.97 Å². The lowest BCUT2D eigenvalue weighted by molar-refractivity contribution is 0.0734. The van der Waals surface area contributed by atoms with Crippen molar-refractivity contribution in [2.45, 2.75) is 6.92 Å². The first-order valence-corrected chi connectivity index (χ1v) is 5.29. The van der Waals surface area contributed by atoms with Crippen molar-refractivity contribution in [2.24, 2.45) is 0 Å². The van der Waals surface area contributed by atoms with E-state index in [1.807, 2.05) is 18.2 Å². The molecule has 0 spiro atoms. The van der Waals surface area contributed by atoms with Crippen LogP contribution in [0.2, 0.25) is 0 Å². The highest BCUT2D eigenvalue weighted by Crippen LogP contribution is 2.14. The molecule has 2 aromatic rings. The zero-order valence-corrected chi connectivity index (χ0v) is 8.95. The van der Waals surface area contributed by atoms with Gasteiger partial charge in [0.1, 0.15) is 5.75 Å². The van der Waals surface area contributed by atoms with Gasteiger partial charge in [-0.1, -0.05) is 18.2 Å². The minimum Gasteiger partial charge on any atom is -0.423 e. The van der Waals surface area contributed by atoms with Gasteiger partial charge in [0.2, 0.25) is 0 Å². The molecule has 0 aliphatic carbocycles. The van der Waals surface area contributed by atoms with Crippen LogP contribution in [0.3, 0.4) is 0 Å². The van der Waals surface area contributed by atoms with Crippen LogP contribution in [0, 0.1) is 6.92 Å². The largest absolute Gasteiger partial charge is 0.423 e. The summed E-state index contributed by atoms with van der Waals surface area (Å²) in [7, 11) is 0. The fourth-order valence-electron chi connectivity index (χ4n) is 1.14. The fraction of sp³-hybridized carbons (Fsp3) is 0.0909. The molecule has 1 aromatic heterocycles. The van der Waals surface area contributed by atoms with Gasteiger partial charge in [0.05, 0.1) is 11.3 Å². The molecule has 0 aliphatic heterocycles. The molecule has 0 atom stereocenters. The number of aryl methyl sites for hydroxylation is 1. The summed E-state index contributed by atoms with van der Waals surface area (Å²) in [4.78, 5) is 11.6. The van der Waals surface area contributed by atoms with Crippen molar-refractivity contribution >= 4 is 17.5 Å². The highest BCUT2D eigenvalue weighted by atomic mass is 32.1. The average molecular weight is 219 g/mol. The third kappa shape index (κ3) is 2.22. The van der Waals surface area contributed by atoms with Gasteiger partial charge in [0, 0.05) is 5.38 Å². The number of carbonyl (C=O) groups is 1. The van der Waals surface area contributed by atoms with Gasteiger partial charge in [-0.2, -0.15) is 4.37 Å². The average Bonchev–Trinajstić information content (AvgIpc) is 2.66. The lowest BCUT2D eigenvalue weighted by atomic mass is 10.3. The van der Waals surface area contributed by atoms with Crippen LogP contribution in [-0.4, -0.2) is 10.3 Å². The van der Waals surface area contributed by atoms with Crippen molar-refractivity contribution < 1.29 is 9.53 Å². The van der Waals surface area contributed by atoms with Gasteiger partial charge < -0.3 is 4.74 Å². The number of ether oxygens (including phenoxy) is 1. The fourth-order valence-corrected chi connectivity index (χ4v) is 1.82. The normalized spacial score (nSPS) is 9.93. The Morgan fingerprint density at radius 2 is 2.07 bits per heavy atom. The zero-order chi connectivity index (χ0) is 10.7. The van der Waals surface area contributed by atoms with Crippen LogP contribution in [0.15, 0.2) is 35.7 Å². The Morgan fingerprint density at radius 3 is 2.67 bits per heavy atom. The van der Waals surface area contributed by atoms with E-state index < -0.39 is 0 Å². The number of para-hydroxylation sites is 1. The van der Waals surface area contributed by atoms with Gasteiger partial charge in [0.15, 0.2) is 0 Å². The summed E-state index contributed by atoms with van der Waals surface area (Å²) in [6.45, 7) is 1.79. The number of hydrogen-bond donors (Lipinski definition) is 0. The van der Waals surface area contributed by atoms with E-state index in [1.54, 1.807) is 24.4 Å². The first kappa shape index (κ1) is 9.86. The van der Waals surface area contributed by atoms with Crippen molar-refractivity contribution in [2.75, 3.05) is 0 Å². The van der Waals surface area contributed by atoms with E-state index in [2.05, 4.69) is 4.37 Å². The van der Waals surface area contributed by atoms with E-state index in [-0.39, 0.29) is 5.97 Å². The van der Waals surface area contributed by atoms with Crippen LogP contribution < -0.4 is 4.74 Å². The summed E-state index contributed by atoms with van der Waals surface area (Å²) in [5, 5.41) is 1.70. The maximum atomic E-state index is 11.6. The molecular formula is C11H9NO2S. The second kappa shape index (κ2) is 4.23. The molecule has 0 N–H and O–H groups in total. The number of rotatable bonds is 2. The molecule has 2 rings (SSSR count). The Hall–Kier alpha value is -1.68. The van der Waals surface area contributed by atoms with E-state index >= 15 is 0 Å². The summed E-state index contributed by atoms with van der Waals surface area (Å²) in [5.74, 6) is 0.195. The maximum absolute atomic E-state index is 11.6. The van der Waals surface area contributed by atoms with Gasteiger partial charge in [-0.15, -0.1) is 0 Å². The topological polar surface area (TPSA) is 39.2 Å². The first-order chi connectivity index (χ1) is 7.27. The molecule has 0 radical (unpaired) electrons. The molecule has 0 saturated carbocycles. The Morgan fingerprint density at radius 1 is 1.33 bits per heavy atom. The second-order valence-electron chi connectivity index (χ2n) is 3.02. The summed E-state index contributed by atoms with van der Waals surface area (Å²) >= 11 is 1.25. The van der Waals surface area contributed by atoms with Gasteiger partial charge in [-0.25, -0.2) is 4.79 Å². The molecule has 3 nitrogen and oxygen atoms in total. The summed E-state index contributed by atoms with van der Waals surface area (Å²) in [6, 6.07) is 9.00. The molecule has 0 aliphatic rings. The second-order valence-corrected chi connectivity index (χ2v) is 3.65. The Bertz CT molecular complexity index is 464. The van der Waals surface area contributed by atoms with Crippen molar-refractivity contribution in [3.8, 4) is 5.75 Å². The van der Waals surface area contributed by atoms with Crippen molar-refractivity contribution in [1.82, 2.24) is 4.37 Å². The number of carbonyl (C=O) groups excluding carboxylic acids is 1. The van der Waals surface area contributed by atoms with Crippen LogP contribution in [0.1, 0.15) is 16.1 Å². The van der Waals surface area contributed by atoms with Gasteiger partial charge in [0.25, 0.3) is 0 Å². The standard InChI is InChI=1S/C11H9NO2S/c1-8-10(7-15-12-8)11(13)14-9-5-3-2-4-6-9/h2-7H,1H3. The minimum absolute atomic E-state index is 0.354. The number of aromatic nitrogens is 1. The summed E-state index contributed by atoms with van der Waals surface area (Å²) in [5.41, 5.74) is 1.24. The minimum atomic E-state index is -0.354. The molecule has 1 aromatic carbocycles. The van der Waals surface area contributed by atoms with E-state index in [0.717, 1.165) is 0 Å². The Labute approximate surface area is 91.5 Å².